The summed E-state index contributed by atoms with van der Waals surface area (Å²) < 4.78 is 12.8. The molecule has 82 valence electrons. The SMILES string of the molecule is CC(C)CNC(=O)c1ccc(F)c(Cl)c1. The number of benzene rings is 1. The van der Waals surface area contributed by atoms with Gasteiger partial charge in [0.25, 0.3) is 5.91 Å². The van der Waals surface area contributed by atoms with E-state index in [0.29, 0.717) is 18.0 Å². The number of nitrogens with one attached hydrogen (secondary N) is 1. The Morgan fingerprint density at radius 2 is 2.20 bits per heavy atom. The van der Waals surface area contributed by atoms with E-state index in [1.807, 2.05) is 13.8 Å². The predicted molar refractivity (Wildman–Crippen MR) is 58.6 cm³/mol. The number of hydrogen-bond donors (Lipinski definition) is 1. The molecule has 1 amide bonds. The van der Waals surface area contributed by atoms with Gasteiger partial charge in [-0.3, -0.25) is 4.79 Å². The second kappa shape index (κ2) is 5.12. The molecule has 0 radical (unpaired) electrons. The van der Waals surface area contributed by atoms with Crippen molar-refractivity contribution in [2.75, 3.05) is 6.54 Å². The molecule has 1 aromatic rings. The third-order valence-electron chi connectivity index (χ3n) is 1.85. The Hall–Kier alpha value is -1.09. The molecule has 0 spiro atoms. The van der Waals surface area contributed by atoms with Crippen LogP contribution < -0.4 is 5.32 Å². The number of hydrogen-bond acceptors (Lipinski definition) is 1. The molecule has 0 aromatic heterocycles. The predicted octanol–water partition coefficient (Wildman–Crippen LogP) is 2.86. The molecule has 0 atom stereocenters. The van der Waals surface area contributed by atoms with Gasteiger partial charge in [0.15, 0.2) is 0 Å². The van der Waals surface area contributed by atoms with Crippen molar-refractivity contribution in [3.63, 3.8) is 0 Å². The van der Waals surface area contributed by atoms with Gasteiger partial charge in [-0.1, -0.05) is 25.4 Å². The maximum absolute atomic E-state index is 12.8. The standard InChI is InChI=1S/C11H13ClFNO/c1-7(2)6-14-11(15)8-3-4-10(13)9(12)5-8/h3-5,7H,6H2,1-2H3,(H,14,15). The number of rotatable bonds is 3. The van der Waals surface area contributed by atoms with Gasteiger partial charge in [0.2, 0.25) is 0 Å². The fourth-order valence-corrected chi connectivity index (χ4v) is 1.22. The van der Waals surface area contributed by atoms with Gasteiger partial charge >= 0.3 is 0 Å². The molecule has 0 unspecified atom stereocenters. The molecule has 1 N–H and O–H groups in total. The Morgan fingerprint density at radius 3 is 2.73 bits per heavy atom. The summed E-state index contributed by atoms with van der Waals surface area (Å²) in [5, 5.41) is 2.69. The van der Waals surface area contributed by atoms with Crippen LogP contribution in [-0.4, -0.2) is 12.5 Å². The van der Waals surface area contributed by atoms with Crippen molar-refractivity contribution in [2.45, 2.75) is 13.8 Å². The van der Waals surface area contributed by atoms with E-state index in [-0.39, 0.29) is 10.9 Å². The van der Waals surface area contributed by atoms with Crippen LogP contribution in [0.5, 0.6) is 0 Å². The summed E-state index contributed by atoms with van der Waals surface area (Å²) in [4.78, 5) is 11.5. The smallest absolute Gasteiger partial charge is 0.251 e. The van der Waals surface area contributed by atoms with Crippen molar-refractivity contribution >= 4 is 17.5 Å². The molecule has 0 aliphatic rings. The van der Waals surface area contributed by atoms with E-state index in [4.69, 9.17) is 11.6 Å². The van der Waals surface area contributed by atoms with Crippen molar-refractivity contribution in [3.8, 4) is 0 Å². The lowest BCUT2D eigenvalue weighted by molar-refractivity contribution is 0.0949. The Kier molecular flexibility index (Phi) is 4.09. The summed E-state index contributed by atoms with van der Waals surface area (Å²) in [5.74, 6) is -0.368. The van der Waals surface area contributed by atoms with E-state index in [0.717, 1.165) is 0 Å². The summed E-state index contributed by atoms with van der Waals surface area (Å²) in [5.41, 5.74) is 0.377. The third-order valence-corrected chi connectivity index (χ3v) is 2.14. The first-order chi connectivity index (χ1) is 7.00. The van der Waals surface area contributed by atoms with E-state index < -0.39 is 5.82 Å². The van der Waals surface area contributed by atoms with Crippen molar-refractivity contribution in [1.29, 1.82) is 0 Å². The molecule has 4 heteroatoms. The van der Waals surface area contributed by atoms with Crippen molar-refractivity contribution in [1.82, 2.24) is 5.32 Å². The molecular weight excluding hydrogens is 217 g/mol. The lowest BCUT2D eigenvalue weighted by Gasteiger charge is -2.07. The van der Waals surface area contributed by atoms with Gasteiger partial charge in [0.05, 0.1) is 5.02 Å². The van der Waals surface area contributed by atoms with Crippen molar-refractivity contribution in [3.05, 3.63) is 34.6 Å². The highest BCUT2D eigenvalue weighted by molar-refractivity contribution is 6.31. The molecule has 0 heterocycles. The van der Waals surface area contributed by atoms with Crippen LogP contribution in [0.2, 0.25) is 5.02 Å². The molecule has 0 saturated heterocycles. The minimum Gasteiger partial charge on any atom is -0.352 e. The molecule has 0 aliphatic heterocycles. The van der Waals surface area contributed by atoms with Gasteiger partial charge < -0.3 is 5.32 Å². The normalized spacial score (nSPS) is 10.5. The van der Waals surface area contributed by atoms with E-state index in [2.05, 4.69) is 5.32 Å². The van der Waals surface area contributed by atoms with Crippen LogP contribution >= 0.6 is 11.6 Å². The first-order valence-electron chi connectivity index (χ1n) is 4.74. The summed E-state index contributed by atoms with van der Waals surface area (Å²) >= 11 is 5.57. The Morgan fingerprint density at radius 1 is 1.53 bits per heavy atom. The molecule has 15 heavy (non-hydrogen) atoms. The zero-order chi connectivity index (χ0) is 11.4. The fraction of sp³-hybridized carbons (Fsp3) is 0.364. The highest BCUT2D eigenvalue weighted by Crippen LogP contribution is 2.15. The Bertz CT molecular complexity index is 366. The Balaban J connectivity index is 2.70. The highest BCUT2D eigenvalue weighted by Gasteiger charge is 2.08. The number of carbonyl (C=O) groups excluding carboxylic acids is 1. The number of carbonyl (C=O) groups is 1. The molecule has 0 saturated carbocycles. The lowest BCUT2D eigenvalue weighted by atomic mass is 10.2. The van der Waals surface area contributed by atoms with Gasteiger partial charge in [-0.2, -0.15) is 0 Å². The average Bonchev–Trinajstić information content (AvgIpc) is 2.18. The van der Waals surface area contributed by atoms with E-state index >= 15 is 0 Å². The van der Waals surface area contributed by atoms with Gasteiger partial charge in [0, 0.05) is 12.1 Å². The molecule has 0 fully saturated rings. The topological polar surface area (TPSA) is 29.1 Å². The Labute approximate surface area is 93.4 Å². The summed E-state index contributed by atoms with van der Waals surface area (Å²) in [6, 6.07) is 3.93. The largest absolute Gasteiger partial charge is 0.352 e. The fourth-order valence-electron chi connectivity index (χ4n) is 1.04. The molecular formula is C11H13ClFNO. The highest BCUT2D eigenvalue weighted by atomic mass is 35.5. The van der Waals surface area contributed by atoms with Crippen LogP contribution in [-0.2, 0) is 0 Å². The van der Waals surface area contributed by atoms with Crippen molar-refractivity contribution in [2.24, 2.45) is 5.92 Å². The van der Waals surface area contributed by atoms with Crippen LogP contribution in [0.25, 0.3) is 0 Å². The summed E-state index contributed by atoms with van der Waals surface area (Å²) in [6.07, 6.45) is 0. The summed E-state index contributed by atoms with van der Waals surface area (Å²) in [6.45, 7) is 4.59. The van der Waals surface area contributed by atoms with Gasteiger partial charge in [-0.15, -0.1) is 0 Å². The van der Waals surface area contributed by atoms with Crippen LogP contribution in [0, 0.1) is 11.7 Å². The van der Waals surface area contributed by atoms with Crippen LogP contribution in [0.4, 0.5) is 4.39 Å². The molecule has 1 aromatic carbocycles. The van der Waals surface area contributed by atoms with Crippen LogP contribution in [0.3, 0.4) is 0 Å². The van der Waals surface area contributed by atoms with Crippen LogP contribution in [0.15, 0.2) is 18.2 Å². The van der Waals surface area contributed by atoms with E-state index in [1.165, 1.54) is 18.2 Å². The number of halogens is 2. The first kappa shape index (κ1) is 12.0. The minimum atomic E-state index is -0.517. The van der Waals surface area contributed by atoms with Crippen LogP contribution in [0.1, 0.15) is 24.2 Å². The second-order valence-corrected chi connectivity index (χ2v) is 4.14. The third kappa shape index (κ3) is 3.51. The molecule has 0 aliphatic carbocycles. The van der Waals surface area contributed by atoms with E-state index in [1.54, 1.807) is 0 Å². The van der Waals surface area contributed by atoms with Gasteiger partial charge in [-0.05, 0) is 24.1 Å². The monoisotopic (exact) mass is 229 g/mol. The zero-order valence-corrected chi connectivity index (χ0v) is 9.44. The summed E-state index contributed by atoms with van der Waals surface area (Å²) in [7, 11) is 0. The van der Waals surface area contributed by atoms with Gasteiger partial charge in [0.1, 0.15) is 5.82 Å². The first-order valence-corrected chi connectivity index (χ1v) is 5.11. The second-order valence-electron chi connectivity index (χ2n) is 3.73. The maximum atomic E-state index is 12.8. The molecule has 2 nitrogen and oxygen atoms in total. The average molecular weight is 230 g/mol. The number of amides is 1. The minimum absolute atomic E-state index is 0.0350. The lowest BCUT2D eigenvalue weighted by Crippen LogP contribution is -2.27. The quantitative estimate of drug-likeness (QED) is 0.849. The molecule has 0 bridgehead atoms. The zero-order valence-electron chi connectivity index (χ0n) is 8.68. The van der Waals surface area contributed by atoms with Gasteiger partial charge in [-0.25, -0.2) is 4.39 Å². The molecule has 1 rings (SSSR count). The maximum Gasteiger partial charge on any atom is 0.251 e. The van der Waals surface area contributed by atoms with Crippen molar-refractivity contribution < 1.29 is 9.18 Å². The van der Waals surface area contributed by atoms with E-state index in [9.17, 15) is 9.18 Å².